The maximum atomic E-state index is 13.0. The number of carbonyl (C=O) groups excluding carboxylic acids is 3. The van der Waals surface area contributed by atoms with Gasteiger partial charge in [-0.3, -0.25) is 19.3 Å². The molecule has 2 aliphatic heterocycles. The van der Waals surface area contributed by atoms with E-state index in [0.717, 1.165) is 4.90 Å². The number of nitrogens with zero attached hydrogens (tertiary/aromatic N) is 2. The third-order valence-corrected chi connectivity index (χ3v) is 5.50. The molecule has 2 aliphatic rings. The molecule has 0 radical (unpaired) electrons. The van der Waals surface area contributed by atoms with E-state index < -0.39 is 11.8 Å². The molecule has 0 N–H and O–H groups in total. The summed E-state index contributed by atoms with van der Waals surface area (Å²) in [7, 11) is 1.66. The lowest BCUT2D eigenvalue weighted by Crippen LogP contribution is -2.41. The van der Waals surface area contributed by atoms with E-state index >= 15 is 0 Å². The maximum absolute atomic E-state index is 13.0. The first-order chi connectivity index (χ1) is 15.5. The summed E-state index contributed by atoms with van der Waals surface area (Å²) < 4.78 is 16.9. The molecule has 3 amide bonds. The van der Waals surface area contributed by atoms with Crippen molar-refractivity contribution < 1.29 is 28.3 Å². The Kier molecular flexibility index (Phi) is 4.89. The number of rotatable bonds is 5. The molecule has 2 aromatic carbocycles. The van der Waals surface area contributed by atoms with Gasteiger partial charge in [0, 0.05) is 12.6 Å². The highest BCUT2D eigenvalue weighted by Gasteiger charge is 2.36. The van der Waals surface area contributed by atoms with Crippen LogP contribution >= 0.6 is 0 Å². The number of ether oxygens (including phenoxy) is 2. The SMILES string of the molecule is CN(C[C@H]1COc2ccccc2O1)C(=O)c1ccc2c(c1)C(=O)N(Cc1ccco1)C2=O. The van der Waals surface area contributed by atoms with Crippen molar-refractivity contribution in [2.45, 2.75) is 12.6 Å². The standard InChI is InChI=1S/C24H20N2O6/c1-25(12-17-14-31-20-6-2-3-7-21(20)32-17)22(27)15-8-9-18-19(11-15)24(29)26(23(18)28)13-16-5-4-10-30-16/h2-11,17H,12-14H2,1H3/t17-/m0/s1. The molecule has 3 heterocycles. The summed E-state index contributed by atoms with van der Waals surface area (Å²) in [6.45, 7) is 0.679. The van der Waals surface area contributed by atoms with Crippen molar-refractivity contribution >= 4 is 17.7 Å². The van der Waals surface area contributed by atoms with Gasteiger partial charge in [-0.1, -0.05) is 12.1 Å². The number of carbonyl (C=O) groups is 3. The van der Waals surface area contributed by atoms with Crippen molar-refractivity contribution in [1.29, 1.82) is 0 Å². The fraction of sp³-hybridized carbons (Fsp3) is 0.208. The Morgan fingerprint density at radius 1 is 1.03 bits per heavy atom. The predicted molar refractivity (Wildman–Crippen MR) is 113 cm³/mol. The van der Waals surface area contributed by atoms with E-state index in [1.807, 2.05) is 24.3 Å². The second kappa shape index (κ2) is 7.88. The minimum absolute atomic E-state index is 0.0447. The van der Waals surface area contributed by atoms with E-state index in [1.54, 1.807) is 25.2 Å². The molecule has 0 saturated carbocycles. The first-order valence-electron chi connectivity index (χ1n) is 10.2. The molecule has 0 bridgehead atoms. The van der Waals surface area contributed by atoms with Gasteiger partial charge in [-0.05, 0) is 42.5 Å². The number of likely N-dealkylation sites (N-methyl/N-ethyl adjacent to an activating group) is 1. The van der Waals surface area contributed by atoms with Crippen LogP contribution in [0.4, 0.5) is 0 Å². The molecule has 0 fully saturated rings. The molecule has 8 nitrogen and oxygen atoms in total. The molecule has 1 atom stereocenters. The van der Waals surface area contributed by atoms with Gasteiger partial charge in [0.1, 0.15) is 12.4 Å². The number of imide groups is 1. The van der Waals surface area contributed by atoms with Gasteiger partial charge in [0.25, 0.3) is 17.7 Å². The van der Waals surface area contributed by atoms with Crippen LogP contribution < -0.4 is 9.47 Å². The van der Waals surface area contributed by atoms with Crippen LogP contribution in [0.1, 0.15) is 36.8 Å². The average Bonchev–Trinajstić information content (AvgIpc) is 3.41. The normalized spacial score (nSPS) is 16.8. The van der Waals surface area contributed by atoms with Crippen molar-refractivity contribution in [3.05, 3.63) is 83.3 Å². The van der Waals surface area contributed by atoms with Crippen LogP contribution in [0.25, 0.3) is 0 Å². The van der Waals surface area contributed by atoms with Crippen LogP contribution in [0.15, 0.2) is 65.3 Å². The van der Waals surface area contributed by atoms with Crippen LogP contribution in [-0.2, 0) is 6.54 Å². The van der Waals surface area contributed by atoms with Gasteiger partial charge in [0.05, 0.1) is 30.5 Å². The molecule has 3 aromatic rings. The molecular weight excluding hydrogens is 412 g/mol. The second-order valence-electron chi connectivity index (χ2n) is 7.72. The highest BCUT2D eigenvalue weighted by Crippen LogP contribution is 2.31. The number of hydrogen-bond donors (Lipinski definition) is 0. The average molecular weight is 432 g/mol. The third kappa shape index (κ3) is 3.49. The van der Waals surface area contributed by atoms with Gasteiger partial charge in [0.15, 0.2) is 17.6 Å². The molecule has 8 heteroatoms. The first kappa shape index (κ1) is 19.9. The Morgan fingerprint density at radius 2 is 1.81 bits per heavy atom. The Labute approximate surface area is 183 Å². The Bertz CT molecular complexity index is 1200. The van der Waals surface area contributed by atoms with Gasteiger partial charge in [-0.15, -0.1) is 0 Å². The summed E-state index contributed by atoms with van der Waals surface area (Å²) in [5.74, 6) is 0.702. The van der Waals surface area contributed by atoms with E-state index in [2.05, 4.69) is 0 Å². The topological polar surface area (TPSA) is 89.3 Å². The van der Waals surface area contributed by atoms with Gasteiger partial charge in [0.2, 0.25) is 0 Å². The van der Waals surface area contributed by atoms with E-state index in [-0.39, 0.29) is 29.7 Å². The number of para-hydroxylation sites is 2. The summed E-state index contributed by atoms with van der Waals surface area (Å²) >= 11 is 0. The van der Waals surface area contributed by atoms with Gasteiger partial charge in [-0.2, -0.15) is 0 Å². The molecule has 0 aliphatic carbocycles. The number of fused-ring (bicyclic) bond motifs is 2. The molecule has 0 saturated heterocycles. The molecule has 162 valence electrons. The summed E-state index contributed by atoms with van der Waals surface area (Å²) in [5.41, 5.74) is 0.817. The zero-order valence-corrected chi connectivity index (χ0v) is 17.3. The number of hydrogen-bond acceptors (Lipinski definition) is 6. The fourth-order valence-electron chi connectivity index (χ4n) is 3.89. The summed E-state index contributed by atoms with van der Waals surface area (Å²) in [4.78, 5) is 41.1. The summed E-state index contributed by atoms with van der Waals surface area (Å²) in [6, 6.07) is 15.3. The van der Waals surface area contributed by atoms with Crippen LogP contribution in [0.5, 0.6) is 11.5 Å². The van der Waals surface area contributed by atoms with Crippen molar-refractivity contribution in [2.24, 2.45) is 0 Å². The Hall–Kier alpha value is -4.07. The van der Waals surface area contributed by atoms with Crippen molar-refractivity contribution in [1.82, 2.24) is 9.80 Å². The summed E-state index contributed by atoms with van der Waals surface area (Å²) in [5, 5.41) is 0. The van der Waals surface area contributed by atoms with Crippen molar-refractivity contribution in [3.63, 3.8) is 0 Å². The van der Waals surface area contributed by atoms with E-state index in [4.69, 9.17) is 13.9 Å². The van der Waals surface area contributed by atoms with Crippen LogP contribution in [0.2, 0.25) is 0 Å². The maximum Gasteiger partial charge on any atom is 0.261 e. The van der Waals surface area contributed by atoms with E-state index in [0.29, 0.717) is 36.0 Å². The smallest absolute Gasteiger partial charge is 0.261 e. The molecule has 32 heavy (non-hydrogen) atoms. The lowest BCUT2D eigenvalue weighted by Gasteiger charge is -2.29. The third-order valence-electron chi connectivity index (χ3n) is 5.50. The monoisotopic (exact) mass is 432 g/mol. The fourth-order valence-corrected chi connectivity index (χ4v) is 3.89. The Morgan fingerprint density at radius 3 is 2.59 bits per heavy atom. The highest BCUT2D eigenvalue weighted by atomic mass is 16.6. The summed E-state index contributed by atoms with van der Waals surface area (Å²) in [6.07, 6.45) is 1.17. The van der Waals surface area contributed by atoms with Gasteiger partial charge < -0.3 is 18.8 Å². The number of furan rings is 1. The molecule has 0 unspecified atom stereocenters. The lowest BCUT2D eigenvalue weighted by molar-refractivity contribution is 0.0521. The highest BCUT2D eigenvalue weighted by molar-refractivity contribution is 6.22. The van der Waals surface area contributed by atoms with Gasteiger partial charge in [-0.25, -0.2) is 0 Å². The zero-order valence-electron chi connectivity index (χ0n) is 17.3. The van der Waals surface area contributed by atoms with E-state index in [1.165, 1.54) is 23.3 Å². The van der Waals surface area contributed by atoms with Gasteiger partial charge >= 0.3 is 0 Å². The predicted octanol–water partition coefficient (Wildman–Crippen LogP) is 2.99. The second-order valence-corrected chi connectivity index (χ2v) is 7.72. The van der Waals surface area contributed by atoms with Crippen LogP contribution in [-0.4, -0.2) is 53.8 Å². The minimum atomic E-state index is -0.445. The van der Waals surface area contributed by atoms with Crippen LogP contribution in [0, 0.1) is 0 Å². The number of benzene rings is 2. The molecular formula is C24H20N2O6. The minimum Gasteiger partial charge on any atom is -0.486 e. The van der Waals surface area contributed by atoms with Crippen LogP contribution in [0.3, 0.4) is 0 Å². The zero-order chi connectivity index (χ0) is 22.2. The molecule has 5 rings (SSSR count). The molecule has 1 aromatic heterocycles. The lowest BCUT2D eigenvalue weighted by atomic mass is 10.0. The largest absolute Gasteiger partial charge is 0.486 e. The quantitative estimate of drug-likeness (QED) is 0.576. The molecule has 0 spiro atoms. The Balaban J connectivity index is 1.29. The van der Waals surface area contributed by atoms with E-state index in [9.17, 15) is 14.4 Å². The number of amides is 3. The first-order valence-corrected chi connectivity index (χ1v) is 10.2. The van der Waals surface area contributed by atoms with Crippen molar-refractivity contribution in [3.8, 4) is 11.5 Å². The van der Waals surface area contributed by atoms with Crippen molar-refractivity contribution in [2.75, 3.05) is 20.2 Å².